The number of ether oxygens (including phenoxy) is 1. The van der Waals surface area contributed by atoms with Crippen LogP contribution in [0, 0.1) is 15.4 Å². The van der Waals surface area contributed by atoms with Gasteiger partial charge in [-0.15, -0.1) is 5.10 Å². The van der Waals surface area contributed by atoms with Crippen molar-refractivity contribution in [2.24, 2.45) is 11.8 Å². The Balaban J connectivity index is 1.48. The number of halogens is 2. The van der Waals surface area contributed by atoms with Crippen molar-refractivity contribution in [3.63, 3.8) is 0 Å². The lowest BCUT2D eigenvalue weighted by molar-refractivity contribution is -0.146. The number of aliphatic hydroxyl groups excluding tert-OH is 1. The molecule has 2 aromatic carbocycles. The third-order valence-electron chi connectivity index (χ3n) is 7.69. The van der Waals surface area contributed by atoms with Crippen molar-refractivity contribution in [1.29, 1.82) is 0 Å². The van der Waals surface area contributed by atoms with E-state index in [1.54, 1.807) is 29.6 Å². The molecule has 7 nitrogen and oxygen atoms in total. The van der Waals surface area contributed by atoms with Crippen molar-refractivity contribution in [2.75, 3.05) is 11.5 Å². The van der Waals surface area contributed by atoms with E-state index in [0.717, 1.165) is 20.4 Å². The molecule has 4 atom stereocenters. The van der Waals surface area contributed by atoms with Gasteiger partial charge in [-0.2, -0.15) is 0 Å². The van der Waals surface area contributed by atoms with E-state index < -0.39 is 23.3 Å². The molecule has 0 radical (unpaired) electrons. The molecule has 5 rings (SSSR count). The highest BCUT2D eigenvalue weighted by Crippen LogP contribution is 2.58. The molecule has 3 aromatic rings. The van der Waals surface area contributed by atoms with E-state index in [0.29, 0.717) is 31.6 Å². The lowest BCUT2D eigenvalue weighted by atomic mass is 9.71. The van der Waals surface area contributed by atoms with E-state index in [1.807, 2.05) is 49.4 Å². The summed E-state index contributed by atoms with van der Waals surface area (Å²) in [5.74, 6) is -1.02. The van der Waals surface area contributed by atoms with Crippen molar-refractivity contribution < 1.29 is 19.0 Å². The number of carbonyl (C=O) groups excluding carboxylic acids is 1. The summed E-state index contributed by atoms with van der Waals surface area (Å²) in [4.78, 5) is 16.1. The molecule has 1 aromatic heterocycles. The number of fused-ring (bicyclic) bond motifs is 2. The Morgan fingerprint density at radius 2 is 2.00 bits per heavy atom. The minimum absolute atomic E-state index is 0.00271. The molecule has 0 aliphatic carbocycles. The fraction of sp³-hybridized carbons (Fsp3) is 0.464. The van der Waals surface area contributed by atoms with Crippen LogP contribution in [0.3, 0.4) is 0 Å². The first kappa shape index (κ1) is 26.2. The molecule has 0 bridgehead atoms. The number of carbonyl (C=O) groups is 1. The zero-order valence-electron chi connectivity index (χ0n) is 21.3. The standard InChI is InChI=1S/C28H32FIN4O3/c1-18-25(27(2,3)29)24(11-13-33-17-21(12-14-35)31-32-33)37-28(18)22-9-4-5-10-23(22)34(26(28)36)16-19-7-6-8-20(30)15-19/h4-10,15,17-18,24-25,35H,11-14,16H2,1-3H3/t18-,24+,25-,28+/m0/s1. The van der Waals surface area contributed by atoms with Crippen LogP contribution in [-0.4, -0.2) is 44.4 Å². The highest BCUT2D eigenvalue weighted by atomic mass is 127. The average Bonchev–Trinajstić information content (AvgIpc) is 3.49. The van der Waals surface area contributed by atoms with E-state index >= 15 is 4.39 Å². The second-order valence-corrected chi connectivity index (χ2v) is 11.8. The van der Waals surface area contributed by atoms with Gasteiger partial charge in [0.15, 0.2) is 5.60 Å². The Labute approximate surface area is 230 Å². The molecular formula is C28H32FIN4O3. The van der Waals surface area contributed by atoms with Gasteiger partial charge in [0.05, 0.1) is 24.0 Å². The molecule has 0 unspecified atom stereocenters. The van der Waals surface area contributed by atoms with Gasteiger partial charge in [0.25, 0.3) is 5.91 Å². The summed E-state index contributed by atoms with van der Waals surface area (Å²) < 4.78 is 25.3. The predicted molar refractivity (Wildman–Crippen MR) is 147 cm³/mol. The lowest BCUT2D eigenvalue weighted by Crippen LogP contribution is -2.45. The van der Waals surface area contributed by atoms with Gasteiger partial charge in [-0.1, -0.05) is 42.5 Å². The molecule has 9 heteroatoms. The number of alkyl halides is 1. The first-order valence-corrected chi connectivity index (χ1v) is 13.8. The van der Waals surface area contributed by atoms with Crippen LogP contribution in [0.4, 0.5) is 10.1 Å². The van der Waals surface area contributed by atoms with E-state index in [4.69, 9.17) is 9.84 Å². The van der Waals surface area contributed by atoms with Crippen LogP contribution in [0.2, 0.25) is 0 Å². The van der Waals surface area contributed by atoms with Crippen molar-refractivity contribution in [2.45, 2.75) is 64.1 Å². The predicted octanol–water partition coefficient (Wildman–Crippen LogP) is 4.65. The Morgan fingerprint density at radius 3 is 2.73 bits per heavy atom. The molecule has 1 spiro atoms. The van der Waals surface area contributed by atoms with Crippen molar-refractivity contribution in [3.05, 3.63) is 75.1 Å². The summed E-state index contributed by atoms with van der Waals surface area (Å²) in [6, 6.07) is 15.8. The summed E-state index contributed by atoms with van der Waals surface area (Å²) in [7, 11) is 0. The normalized spacial score (nSPS) is 25.3. The quantitative estimate of drug-likeness (QED) is 0.372. The van der Waals surface area contributed by atoms with Crippen LogP contribution < -0.4 is 4.90 Å². The number of hydrogen-bond donors (Lipinski definition) is 1. The zero-order valence-corrected chi connectivity index (χ0v) is 23.4. The number of anilines is 1. The first-order valence-electron chi connectivity index (χ1n) is 12.7. The topological polar surface area (TPSA) is 80.5 Å². The lowest BCUT2D eigenvalue weighted by Gasteiger charge is -2.32. The number of benzene rings is 2. The molecule has 0 saturated carbocycles. The molecule has 2 aliphatic rings. The molecule has 196 valence electrons. The van der Waals surface area contributed by atoms with Crippen molar-refractivity contribution in [3.8, 4) is 0 Å². The molecule has 1 N–H and O–H groups in total. The summed E-state index contributed by atoms with van der Waals surface area (Å²) in [5.41, 5.74) is 0.549. The summed E-state index contributed by atoms with van der Waals surface area (Å²) in [5, 5.41) is 17.4. The Bertz CT molecular complexity index is 1290. The molecular weight excluding hydrogens is 586 g/mol. The van der Waals surface area contributed by atoms with E-state index in [1.165, 1.54) is 0 Å². The molecule has 2 aliphatic heterocycles. The highest BCUT2D eigenvalue weighted by molar-refractivity contribution is 14.1. The number of para-hydroxylation sites is 1. The fourth-order valence-electron chi connectivity index (χ4n) is 6.18. The summed E-state index contributed by atoms with van der Waals surface area (Å²) in [6.45, 7) is 6.00. The Kier molecular flexibility index (Phi) is 7.14. The number of rotatable bonds is 8. The molecule has 3 heterocycles. The van der Waals surface area contributed by atoms with Gasteiger partial charge in [0, 0.05) is 46.7 Å². The molecule has 37 heavy (non-hydrogen) atoms. The van der Waals surface area contributed by atoms with Crippen LogP contribution in [0.1, 0.15) is 44.0 Å². The number of aryl methyl sites for hydroxylation is 1. The van der Waals surface area contributed by atoms with E-state index in [-0.39, 0.29) is 18.4 Å². The van der Waals surface area contributed by atoms with Gasteiger partial charge in [-0.25, -0.2) is 4.39 Å². The maximum atomic E-state index is 15.8. The zero-order chi connectivity index (χ0) is 26.4. The SMILES string of the molecule is C[C@H]1[C@H](C(C)(C)F)[C@@H](CCn2cc(CCO)nn2)O[C@]12C(=O)N(Cc1cccc(I)c1)c1ccccc12. The van der Waals surface area contributed by atoms with Crippen LogP contribution >= 0.6 is 22.6 Å². The van der Waals surface area contributed by atoms with Gasteiger partial charge in [-0.3, -0.25) is 9.48 Å². The molecule has 1 amide bonds. The Morgan fingerprint density at radius 1 is 1.22 bits per heavy atom. The third-order valence-corrected chi connectivity index (χ3v) is 8.37. The van der Waals surface area contributed by atoms with Crippen LogP contribution in [0.15, 0.2) is 54.7 Å². The summed E-state index contributed by atoms with van der Waals surface area (Å²) in [6.07, 6.45) is 2.22. The number of hydrogen-bond acceptors (Lipinski definition) is 5. The maximum Gasteiger partial charge on any atom is 0.264 e. The first-order chi connectivity index (χ1) is 17.6. The van der Waals surface area contributed by atoms with Gasteiger partial charge in [0.1, 0.15) is 5.67 Å². The third kappa shape index (κ3) is 4.70. The fourth-order valence-corrected chi connectivity index (χ4v) is 6.79. The number of nitrogens with zero attached hydrogens (tertiary/aromatic N) is 4. The van der Waals surface area contributed by atoms with Crippen LogP contribution in [-0.2, 0) is 34.6 Å². The summed E-state index contributed by atoms with van der Waals surface area (Å²) >= 11 is 2.27. The maximum absolute atomic E-state index is 15.8. The highest BCUT2D eigenvalue weighted by Gasteiger charge is 2.65. The van der Waals surface area contributed by atoms with Gasteiger partial charge in [-0.05, 0) is 66.6 Å². The van der Waals surface area contributed by atoms with Crippen molar-refractivity contribution >= 4 is 34.2 Å². The van der Waals surface area contributed by atoms with Crippen molar-refractivity contribution in [1.82, 2.24) is 15.0 Å². The smallest absolute Gasteiger partial charge is 0.264 e. The average molecular weight is 618 g/mol. The minimum atomic E-state index is -1.56. The number of aliphatic hydroxyl groups is 1. The second kappa shape index (κ2) is 10.1. The van der Waals surface area contributed by atoms with Crippen LogP contribution in [0.5, 0.6) is 0 Å². The van der Waals surface area contributed by atoms with E-state index in [9.17, 15) is 4.79 Å². The molecule has 1 fully saturated rings. The van der Waals surface area contributed by atoms with Crippen LogP contribution in [0.25, 0.3) is 0 Å². The Hall–Kier alpha value is -2.37. The van der Waals surface area contributed by atoms with Gasteiger partial charge < -0.3 is 14.7 Å². The van der Waals surface area contributed by atoms with E-state index in [2.05, 4.69) is 39.0 Å². The van der Waals surface area contributed by atoms with Gasteiger partial charge in [0.2, 0.25) is 0 Å². The minimum Gasteiger partial charge on any atom is -0.396 e. The number of aromatic nitrogens is 3. The number of amides is 1. The molecule has 1 saturated heterocycles. The second-order valence-electron chi connectivity index (χ2n) is 10.5. The largest absolute Gasteiger partial charge is 0.396 e. The van der Waals surface area contributed by atoms with Gasteiger partial charge >= 0.3 is 0 Å². The monoisotopic (exact) mass is 618 g/mol.